The predicted octanol–water partition coefficient (Wildman–Crippen LogP) is 4.68. The highest BCUT2D eigenvalue weighted by atomic mass is 32.2. The van der Waals surface area contributed by atoms with Gasteiger partial charge in [-0.25, -0.2) is 8.42 Å². The molecule has 0 unspecified atom stereocenters. The van der Waals surface area contributed by atoms with Crippen LogP contribution in [-0.4, -0.2) is 28.7 Å². The number of nitrogens with zero attached hydrogens (tertiary/aromatic N) is 3. The van der Waals surface area contributed by atoms with E-state index in [1.54, 1.807) is 23.6 Å². The van der Waals surface area contributed by atoms with E-state index in [0.717, 1.165) is 29.5 Å². The minimum absolute atomic E-state index is 0.00642. The highest BCUT2D eigenvalue weighted by Gasteiger charge is 2.26. The van der Waals surface area contributed by atoms with Crippen LogP contribution >= 0.6 is 0 Å². The van der Waals surface area contributed by atoms with E-state index in [0.29, 0.717) is 29.1 Å². The summed E-state index contributed by atoms with van der Waals surface area (Å²) >= 11 is 0. The first kappa shape index (κ1) is 23.2. The van der Waals surface area contributed by atoms with Crippen molar-refractivity contribution < 1.29 is 13.2 Å². The maximum atomic E-state index is 12.6. The normalized spacial score (nSPS) is 13.8. The van der Waals surface area contributed by atoms with Gasteiger partial charge in [-0.1, -0.05) is 25.1 Å². The summed E-state index contributed by atoms with van der Waals surface area (Å²) in [5.41, 5.74) is 4.12. The number of benzene rings is 1. The number of para-hydroxylation sites is 1. The van der Waals surface area contributed by atoms with Gasteiger partial charge in [0.25, 0.3) is 5.56 Å². The minimum Gasteiger partial charge on any atom is -0.424 e. The lowest BCUT2D eigenvalue weighted by Gasteiger charge is -2.14. The topological polar surface area (TPSA) is 91.2 Å². The third-order valence-electron chi connectivity index (χ3n) is 5.70. The fourth-order valence-corrected chi connectivity index (χ4v) is 5.27. The summed E-state index contributed by atoms with van der Waals surface area (Å²) in [6, 6.07) is 9.60. The van der Waals surface area contributed by atoms with Crippen LogP contribution in [0.1, 0.15) is 54.6 Å². The average molecular weight is 468 g/mol. The van der Waals surface area contributed by atoms with Crippen LogP contribution < -0.4 is 10.3 Å². The fourth-order valence-electron chi connectivity index (χ4n) is 3.91. The molecule has 174 valence electrons. The SMILES string of the molecule is CCCS(=O)(=O)Cc1cc(-c2cc(C)c(=O)n(C3CC3)c2)nc(Oc2c(C)cccc2C)n1. The van der Waals surface area contributed by atoms with Gasteiger partial charge < -0.3 is 9.30 Å². The van der Waals surface area contributed by atoms with Gasteiger partial charge >= 0.3 is 6.01 Å². The molecule has 1 aromatic carbocycles. The maximum Gasteiger partial charge on any atom is 0.322 e. The van der Waals surface area contributed by atoms with Gasteiger partial charge in [0.2, 0.25) is 0 Å². The molecule has 0 bridgehead atoms. The summed E-state index contributed by atoms with van der Waals surface area (Å²) in [6.07, 6.45) is 4.31. The van der Waals surface area contributed by atoms with Crippen LogP contribution in [0.5, 0.6) is 11.8 Å². The average Bonchev–Trinajstić information content (AvgIpc) is 3.57. The first-order chi connectivity index (χ1) is 15.7. The number of aryl methyl sites for hydroxylation is 3. The van der Waals surface area contributed by atoms with Gasteiger partial charge in [-0.3, -0.25) is 4.79 Å². The van der Waals surface area contributed by atoms with Gasteiger partial charge in [0, 0.05) is 23.4 Å². The number of rotatable bonds is 8. The van der Waals surface area contributed by atoms with Crippen molar-refractivity contribution in [2.24, 2.45) is 0 Å². The molecule has 4 rings (SSSR count). The molecule has 8 heteroatoms. The summed E-state index contributed by atoms with van der Waals surface area (Å²) in [5, 5.41) is 0. The number of sulfone groups is 1. The molecule has 0 atom stereocenters. The molecule has 1 saturated carbocycles. The Morgan fingerprint density at radius 3 is 2.39 bits per heavy atom. The zero-order chi connectivity index (χ0) is 23.8. The third kappa shape index (κ3) is 5.33. The third-order valence-corrected chi connectivity index (χ3v) is 7.47. The molecule has 0 saturated heterocycles. The standard InChI is InChI=1S/C25H29N3O4S/c1-5-11-33(30,31)15-20-13-22(19-12-18(4)24(29)28(14-19)21-9-10-21)27-25(26-20)32-23-16(2)7-6-8-17(23)3/h6-8,12-14,21H,5,9-11,15H2,1-4H3. The Morgan fingerprint density at radius 2 is 1.76 bits per heavy atom. The number of hydrogen-bond donors (Lipinski definition) is 0. The molecule has 1 aliphatic rings. The lowest BCUT2D eigenvalue weighted by molar-refractivity contribution is 0.434. The summed E-state index contributed by atoms with van der Waals surface area (Å²) in [7, 11) is -3.32. The van der Waals surface area contributed by atoms with E-state index in [1.165, 1.54) is 0 Å². The Hall–Kier alpha value is -3.00. The van der Waals surface area contributed by atoms with Crippen molar-refractivity contribution in [3.05, 3.63) is 69.3 Å². The molecular formula is C25H29N3O4S. The Kier molecular flexibility index (Phi) is 6.38. The van der Waals surface area contributed by atoms with Crippen LogP contribution in [-0.2, 0) is 15.6 Å². The molecule has 7 nitrogen and oxygen atoms in total. The molecule has 1 aliphatic carbocycles. The van der Waals surface area contributed by atoms with Gasteiger partial charge in [0.05, 0.1) is 22.9 Å². The van der Waals surface area contributed by atoms with Crippen LogP contribution in [0.3, 0.4) is 0 Å². The maximum absolute atomic E-state index is 12.6. The van der Waals surface area contributed by atoms with Gasteiger partial charge in [0.1, 0.15) is 5.75 Å². The number of hydrogen-bond acceptors (Lipinski definition) is 6. The van der Waals surface area contributed by atoms with E-state index in [9.17, 15) is 13.2 Å². The van der Waals surface area contributed by atoms with E-state index in [-0.39, 0.29) is 29.1 Å². The van der Waals surface area contributed by atoms with Gasteiger partial charge in [-0.15, -0.1) is 0 Å². The molecule has 1 fully saturated rings. The van der Waals surface area contributed by atoms with Crippen LogP contribution in [0.2, 0.25) is 0 Å². The van der Waals surface area contributed by atoms with Crippen LogP contribution in [0.25, 0.3) is 11.3 Å². The largest absolute Gasteiger partial charge is 0.424 e. The lowest BCUT2D eigenvalue weighted by Crippen LogP contribution is -2.21. The van der Waals surface area contributed by atoms with Crippen molar-refractivity contribution in [1.82, 2.24) is 14.5 Å². The Balaban J connectivity index is 1.82. The summed E-state index contributed by atoms with van der Waals surface area (Å²) < 4.78 is 32.9. The molecule has 0 spiro atoms. The second kappa shape index (κ2) is 9.09. The minimum atomic E-state index is -3.32. The number of pyridine rings is 1. The second-order valence-corrected chi connectivity index (χ2v) is 11.0. The lowest BCUT2D eigenvalue weighted by atomic mass is 10.1. The highest BCUT2D eigenvalue weighted by Crippen LogP contribution is 2.35. The Labute approximate surface area is 194 Å². The summed E-state index contributed by atoms with van der Waals surface area (Å²) in [4.78, 5) is 21.6. The summed E-state index contributed by atoms with van der Waals surface area (Å²) in [5.74, 6) is 0.544. The van der Waals surface area contributed by atoms with E-state index in [4.69, 9.17) is 4.74 Å². The molecule has 2 heterocycles. The van der Waals surface area contributed by atoms with Crippen molar-refractivity contribution in [3.63, 3.8) is 0 Å². The van der Waals surface area contributed by atoms with E-state index in [2.05, 4.69) is 9.97 Å². The Bertz CT molecular complexity index is 1340. The van der Waals surface area contributed by atoms with Crippen LogP contribution in [0.4, 0.5) is 0 Å². The fraction of sp³-hybridized carbons (Fsp3) is 0.400. The first-order valence-electron chi connectivity index (χ1n) is 11.2. The zero-order valence-corrected chi connectivity index (χ0v) is 20.3. The van der Waals surface area contributed by atoms with Gasteiger partial charge in [-0.2, -0.15) is 9.97 Å². The number of ether oxygens (including phenoxy) is 1. The van der Waals surface area contributed by atoms with Crippen LogP contribution in [0.15, 0.2) is 41.3 Å². The second-order valence-electron chi connectivity index (χ2n) is 8.80. The quantitative estimate of drug-likeness (QED) is 0.478. The van der Waals surface area contributed by atoms with Crippen molar-refractivity contribution in [3.8, 4) is 23.0 Å². The van der Waals surface area contributed by atoms with E-state index < -0.39 is 9.84 Å². The van der Waals surface area contributed by atoms with Gasteiger partial charge in [-0.05, 0) is 63.3 Å². The smallest absolute Gasteiger partial charge is 0.322 e. The highest BCUT2D eigenvalue weighted by molar-refractivity contribution is 7.90. The molecule has 0 radical (unpaired) electrons. The molecule has 2 aromatic heterocycles. The zero-order valence-electron chi connectivity index (χ0n) is 19.5. The van der Waals surface area contributed by atoms with Crippen molar-refractivity contribution in [2.75, 3.05) is 5.75 Å². The van der Waals surface area contributed by atoms with Crippen molar-refractivity contribution in [1.29, 1.82) is 0 Å². The van der Waals surface area contributed by atoms with Crippen molar-refractivity contribution >= 4 is 9.84 Å². The predicted molar refractivity (Wildman–Crippen MR) is 129 cm³/mol. The number of aromatic nitrogens is 3. The molecule has 0 amide bonds. The monoisotopic (exact) mass is 467 g/mol. The first-order valence-corrected chi connectivity index (χ1v) is 13.0. The summed E-state index contributed by atoms with van der Waals surface area (Å²) in [6.45, 7) is 7.50. The Morgan fingerprint density at radius 1 is 1.06 bits per heavy atom. The van der Waals surface area contributed by atoms with E-state index >= 15 is 0 Å². The molecule has 0 N–H and O–H groups in total. The molecule has 3 aromatic rings. The molecular weight excluding hydrogens is 438 g/mol. The van der Waals surface area contributed by atoms with Crippen LogP contribution in [0, 0.1) is 20.8 Å². The van der Waals surface area contributed by atoms with E-state index in [1.807, 2.05) is 45.2 Å². The van der Waals surface area contributed by atoms with Gasteiger partial charge in [0.15, 0.2) is 9.84 Å². The molecule has 33 heavy (non-hydrogen) atoms. The van der Waals surface area contributed by atoms with Crippen molar-refractivity contribution in [2.45, 2.75) is 58.8 Å². The molecule has 0 aliphatic heterocycles.